The smallest absolute Gasteiger partial charge is 0.243 e. The molecule has 0 unspecified atom stereocenters. The van der Waals surface area contributed by atoms with Gasteiger partial charge in [-0.3, -0.25) is 0 Å². The van der Waals surface area contributed by atoms with Crippen molar-refractivity contribution in [3.8, 4) is 0 Å². The molecule has 0 atom stereocenters. The van der Waals surface area contributed by atoms with Crippen LogP contribution in [0.25, 0.3) is 0 Å². The average molecular weight is 482 g/mol. The van der Waals surface area contributed by atoms with Crippen LogP contribution in [0.2, 0.25) is 0 Å². The van der Waals surface area contributed by atoms with Gasteiger partial charge in [-0.05, 0) is 0 Å². The molecule has 26 heavy (non-hydrogen) atoms. The molecule has 0 aromatic carbocycles. The lowest BCUT2D eigenvalue weighted by atomic mass is 10.3. The van der Waals surface area contributed by atoms with Crippen LogP contribution in [0, 0.1) is 0 Å². The van der Waals surface area contributed by atoms with Crippen molar-refractivity contribution in [3.63, 3.8) is 0 Å². The van der Waals surface area contributed by atoms with Crippen molar-refractivity contribution in [3.05, 3.63) is 24.3 Å². The fraction of sp³-hybridized carbons (Fsp3) is 0.444. The number of hydrogen-bond acceptors (Lipinski definition) is 5. The molecule has 0 aliphatic rings. The minimum absolute atomic E-state index is 0.106. The van der Waals surface area contributed by atoms with Gasteiger partial charge in [0.25, 0.3) is 0 Å². The first kappa shape index (κ1) is 21.4. The number of aromatic nitrogens is 6. The van der Waals surface area contributed by atoms with Crippen molar-refractivity contribution < 1.29 is 26.7 Å². The predicted octanol–water partition coefficient (Wildman–Crippen LogP) is 4.04. The molecule has 0 aliphatic carbocycles. The zero-order valence-corrected chi connectivity index (χ0v) is 15.3. The lowest BCUT2D eigenvalue weighted by molar-refractivity contribution is -0.292. The first-order valence-electron chi connectivity index (χ1n) is 5.87. The summed E-state index contributed by atoms with van der Waals surface area (Å²) in [6.07, 6.45) is -4.44. The lowest BCUT2D eigenvalue weighted by Crippen LogP contribution is -2.35. The second-order valence-corrected chi connectivity index (χ2v) is 8.05. The third-order valence-corrected chi connectivity index (χ3v) is 5.01. The first-order valence-corrected chi connectivity index (χ1v) is 7.76. The highest BCUT2D eigenvalue weighted by atomic mass is 35.6. The van der Waals surface area contributed by atoms with Crippen molar-refractivity contribution in [2.45, 2.75) is 20.2 Å². The van der Waals surface area contributed by atoms with E-state index in [0.29, 0.717) is 4.68 Å². The molecule has 0 saturated carbocycles. The van der Waals surface area contributed by atoms with Gasteiger partial charge in [0.05, 0.1) is 0 Å². The Morgan fingerprint density at radius 2 is 1.62 bits per heavy atom. The van der Waals surface area contributed by atoms with Crippen molar-refractivity contribution in [2.24, 2.45) is 0 Å². The molecule has 0 bridgehead atoms. The van der Waals surface area contributed by atoms with Gasteiger partial charge in [0.15, 0.2) is 5.82 Å². The van der Waals surface area contributed by atoms with Gasteiger partial charge < -0.3 is 0 Å². The monoisotopic (exact) mass is 480 g/mol. The third-order valence-electron chi connectivity index (χ3n) is 2.68. The maximum Gasteiger partial charge on any atom is 0.461 e. The molecule has 144 valence electrons. The number of carbonyl (C=O) groups excluding carboxylic acids is 1. The highest BCUT2D eigenvalue weighted by Crippen LogP contribution is 2.53. The minimum atomic E-state index is -6.09. The highest BCUT2D eigenvalue weighted by molar-refractivity contribution is 6.75. The summed E-state index contributed by atoms with van der Waals surface area (Å²) in [4.78, 5) is 18.5. The molecule has 0 aliphatic heterocycles. The summed E-state index contributed by atoms with van der Waals surface area (Å²) in [7, 11) is 0. The Labute approximate surface area is 164 Å². The lowest BCUT2D eigenvalue weighted by Gasteiger charge is -2.25. The van der Waals surface area contributed by atoms with Crippen LogP contribution in [-0.4, -0.2) is 45.5 Å². The van der Waals surface area contributed by atoms with Crippen molar-refractivity contribution >= 4 is 64.0 Å². The molecule has 0 saturated heterocycles. The maximum absolute atomic E-state index is 13.6. The third kappa shape index (κ3) is 3.57. The van der Waals surface area contributed by atoms with Crippen LogP contribution in [0.4, 0.5) is 26.7 Å². The molecule has 17 heteroatoms. The quantitative estimate of drug-likeness (QED) is 0.477. The van der Waals surface area contributed by atoms with Gasteiger partial charge in [-0.1, -0.05) is 58.0 Å². The molecule has 2 aromatic rings. The van der Waals surface area contributed by atoms with Crippen molar-refractivity contribution in [1.29, 1.82) is 0 Å². The number of carbonyl (C=O) groups is 1. The summed E-state index contributed by atoms with van der Waals surface area (Å²) in [6, 6.07) is -1.42. The Kier molecular flexibility index (Phi) is 5.41. The normalized spacial score (nSPS) is 13.9. The molecule has 7 nitrogen and oxygen atoms in total. The fourth-order valence-electron chi connectivity index (χ4n) is 1.44. The molecular formula is C9H2Cl5F5N6O. The summed E-state index contributed by atoms with van der Waals surface area (Å²) >= 11 is 28.0. The first-order chi connectivity index (χ1) is 11.6. The van der Waals surface area contributed by atoms with Gasteiger partial charge in [0.2, 0.25) is 14.0 Å². The number of alkyl halides is 10. The van der Waals surface area contributed by atoms with E-state index in [1.165, 1.54) is 0 Å². The van der Waals surface area contributed by atoms with E-state index >= 15 is 0 Å². The van der Waals surface area contributed by atoms with E-state index in [-0.39, 0.29) is 4.68 Å². The summed E-state index contributed by atoms with van der Waals surface area (Å²) in [5.74, 6) is -8.92. The molecule has 0 fully saturated rings. The van der Waals surface area contributed by atoms with Crippen LogP contribution >= 0.6 is 58.0 Å². The van der Waals surface area contributed by atoms with E-state index < -0.39 is 37.9 Å². The molecule has 2 aromatic heterocycles. The summed E-state index contributed by atoms with van der Waals surface area (Å²) < 4.78 is 59.6. The zero-order valence-electron chi connectivity index (χ0n) is 11.5. The Morgan fingerprint density at radius 3 is 2.04 bits per heavy atom. The van der Waals surface area contributed by atoms with Crippen LogP contribution in [0.1, 0.15) is 11.6 Å². The average Bonchev–Trinajstić information content (AvgIpc) is 3.14. The topological polar surface area (TPSA) is 78.5 Å². The van der Waals surface area contributed by atoms with Crippen LogP contribution in [0.3, 0.4) is 0 Å². The number of halogens is 10. The van der Waals surface area contributed by atoms with E-state index in [1.807, 2.05) is 0 Å². The highest BCUT2D eigenvalue weighted by Gasteiger charge is 2.63. The largest absolute Gasteiger partial charge is 0.461 e. The Hall–Kier alpha value is -0.950. The van der Waals surface area contributed by atoms with Gasteiger partial charge in [-0.2, -0.15) is 36.4 Å². The molecule has 2 rings (SSSR count). The summed E-state index contributed by atoms with van der Waals surface area (Å²) in [5, 5.41) is 6.21. The van der Waals surface area contributed by atoms with E-state index in [4.69, 9.17) is 58.0 Å². The molecule has 0 spiro atoms. The van der Waals surface area contributed by atoms with Crippen molar-refractivity contribution in [2.75, 3.05) is 0 Å². The second kappa shape index (κ2) is 6.59. The molecule has 2 heterocycles. The van der Waals surface area contributed by atoms with E-state index in [9.17, 15) is 26.7 Å². The number of hydrogen-bond donors (Lipinski definition) is 0. The second-order valence-electron chi connectivity index (χ2n) is 4.44. The van der Waals surface area contributed by atoms with Gasteiger partial charge in [0, 0.05) is 0 Å². The van der Waals surface area contributed by atoms with E-state index in [1.54, 1.807) is 0 Å². The SMILES string of the molecule is O=C(n1cncn1)n1nc(C(F)(F)C(F)(F)F)nc1C(Cl)(Cl)C(Cl)(Cl)Cl. The standard InChI is InChI=1S/C9H2Cl5F5N6O/c10-6(11,8(12,13)14)4-22-3(7(15,16)9(17,18)19)23-25(4)5(26)24-2-20-1-21-24/h1-2H. The van der Waals surface area contributed by atoms with Crippen LogP contribution < -0.4 is 0 Å². The molecule has 0 amide bonds. The summed E-state index contributed by atoms with van der Waals surface area (Å²) in [5.41, 5.74) is 0. The van der Waals surface area contributed by atoms with Crippen LogP contribution in [-0.2, 0) is 10.3 Å². The van der Waals surface area contributed by atoms with Gasteiger partial charge in [-0.25, -0.2) is 14.8 Å². The zero-order chi connectivity index (χ0) is 20.1. The number of rotatable bonds is 2. The summed E-state index contributed by atoms with van der Waals surface area (Å²) in [6.45, 7) is 0. The van der Waals surface area contributed by atoms with Gasteiger partial charge >= 0.3 is 18.1 Å². The Balaban J connectivity index is 2.72. The fourth-order valence-corrected chi connectivity index (χ4v) is 1.94. The van der Waals surface area contributed by atoms with Crippen molar-refractivity contribution in [1.82, 2.24) is 29.5 Å². The molecule has 0 radical (unpaired) electrons. The molecular weight excluding hydrogens is 480 g/mol. The van der Waals surface area contributed by atoms with Crippen LogP contribution in [0.15, 0.2) is 12.7 Å². The minimum Gasteiger partial charge on any atom is -0.243 e. The van der Waals surface area contributed by atoms with Gasteiger partial charge in [-0.15, -0.1) is 5.10 Å². The van der Waals surface area contributed by atoms with E-state index in [2.05, 4.69) is 20.2 Å². The Bertz CT molecular complexity index is 814. The van der Waals surface area contributed by atoms with E-state index in [0.717, 1.165) is 12.7 Å². The van der Waals surface area contributed by atoms with Gasteiger partial charge in [0.1, 0.15) is 12.7 Å². The van der Waals surface area contributed by atoms with Crippen LogP contribution in [0.5, 0.6) is 0 Å². The number of nitrogens with zero attached hydrogens (tertiary/aromatic N) is 6. The predicted molar refractivity (Wildman–Crippen MR) is 79.9 cm³/mol. The molecule has 0 N–H and O–H groups in total. The maximum atomic E-state index is 13.6. The Morgan fingerprint density at radius 1 is 1.04 bits per heavy atom.